The standard InChI is InChI=1S/C15H22FN3/c1-2-17-8-11-6-7-18-15(14(11)16)19-9-12-4-3-5-13(12)10-19/h6-7,12-13,17H,2-5,8-10H2,1H3. The summed E-state index contributed by atoms with van der Waals surface area (Å²) in [5, 5.41) is 3.18. The SMILES string of the molecule is CCNCc1ccnc(N2CC3CCCC3C2)c1F. The first-order valence-electron chi connectivity index (χ1n) is 7.38. The summed E-state index contributed by atoms with van der Waals surface area (Å²) in [6.45, 7) is 5.43. The molecule has 0 bridgehead atoms. The lowest BCUT2D eigenvalue weighted by Crippen LogP contribution is -2.24. The minimum absolute atomic E-state index is 0.136. The molecule has 1 N–H and O–H groups in total. The second-order valence-electron chi connectivity index (χ2n) is 5.74. The third kappa shape index (κ3) is 2.46. The Balaban J connectivity index is 1.77. The molecular formula is C15H22FN3. The van der Waals surface area contributed by atoms with Crippen LogP contribution in [0.2, 0.25) is 0 Å². The number of hydrogen-bond acceptors (Lipinski definition) is 3. The molecule has 3 rings (SSSR count). The first-order valence-corrected chi connectivity index (χ1v) is 7.38. The van der Waals surface area contributed by atoms with Crippen molar-refractivity contribution in [3.8, 4) is 0 Å². The molecule has 1 saturated heterocycles. The van der Waals surface area contributed by atoms with Gasteiger partial charge in [-0.2, -0.15) is 0 Å². The van der Waals surface area contributed by atoms with Gasteiger partial charge in [-0.05, 0) is 37.3 Å². The fourth-order valence-electron chi connectivity index (χ4n) is 3.50. The molecule has 1 saturated carbocycles. The molecule has 0 aromatic carbocycles. The van der Waals surface area contributed by atoms with E-state index in [1.54, 1.807) is 12.3 Å². The molecule has 0 spiro atoms. The minimum Gasteiger partial charge on any atom is -0.354 e. The molecular weight excluding hydrogens is 241 g/mol. The van der Waals surface area contributed by atoms with E-state index in [0.717, 1.165) is 37.0 Å². The number of halogens is 1. The first kappa shape index (κ1) is 12.9. The molecule has 0 amide bonds. The van der Waals surface area contributed by atoms with Gasteiger partial charge in [-0.3, -0.25) is 0 Å². The molecule has 104 valence electrons. The molecule has 1 aliphatic heterocycles. The maximum Gasteiger partial charge on any atom is 0.170 e. The zero-order valence-electron chi connectivity index (χ0n) is 11.5. The number of anilines is 1. The molecule has 4 heteroatoms. The van der Waals surface area contributed by atoms with Crippen LogP contribution in [-0.2, 0) is 6.54 Å². The molecule has 1 aromatic heterocycles. The molecule has 2 fully saturated rings. The topological polar surface area (TPSA) is 28.2 Å². The Labute approximate surface area is 114 Å². The van der Waals surface area contributed by atoms with Gasteiger partial charge in [0.2, 0.25) is 0 Å². The third-order valence-corrected chi connectivity index (χ3v) is 4.54. The highest BCUT2D eigenvalue weighted by atomic mass is 19.1. The van der Waals surface area contributed by atoms with Crippen LogP contribution < -0.4 is 10.2 Å². The van der Waals surface area contributed by atoms with Crippen LogP contribution in [0.1, 0.15) is 31.7 Å². The van der Waals surface area contributed by atoms with Gasteiger partial charge in [-0.15, -0.1) is 0 Å². The number of fused-ring (bicyclic) bond motifs is 1. The highest BCUT2D eigenvalue weighted by Crippen LogP contribution is 2.39. The molecule has 2 aliphatic rings. The van der Waals surface area contributed by atoms with Gasteiger partial charge in [-0.1, -0.05) is 13.3 Å². The van der Waals surface area contributed by atoms with E-state index in [9.17, 15) is 4.39 Å². The van der Waals surface area contributed by atoms with Crippen molar-refractivity contribution in [1.29, 1.82) is 0 Å². The van der Waals surface area contributed by atoms with E-state index in [-0.39, 0.29) is 5.82 Å². The lowest BCUT2D eigenvalue weighted by atomic mass is 10.0. The van der Waals surface area contributed by atoms with Crippen LogP contribution in [0.4, 0.5) is 10.2 Å². The average molecular weight is 263 g/mol. The fourth-order valence-corrected chi connectivity index (χ4v) is 3.50. The van der Waals surface area contributed by atoms with Gasteiger partial charge >= 0.3 is 0 Å². The number of hydrogen-bond donors (Lipinski definition) is 1. The summed E-state index contributed by atoms with van der Waals surface area (Å²) in [7, 11) is 0. The molecule has 3 nitrogen and oxygen atoms in total. The number of pyridine rings is 1. The maximum atomic E-state index is 14.5. The molecule has 1 aromatic rings. The van der Waals surface area contributed by atoms with Crippen molar-refractivity contribution in [1.82, 2.24) is 10.3 Å². The second-order valence-corrected chi connectivity index (χ2v) is 5.74. The van der Waals surface area contributed by atoms with Crippen LogP contribution in [-0.4, -0.2) is 24.6 Å². The van der Waals surface area contributed by atoms with Gasteiger partial charge in [-0.25, -0.2) is 9.37 Å². The van der Waals surface area contributed by atoms with Crippen LogP contribution in [0.3, 0.4) is 0 Å². The molecule has 0 radical (unpaired) electrons. The van der Waals surface area contributed by atoms with E-state index in [1.165, 1.54) is 19.3 Å². The molecule has 19 heavy (non-hydrogen) atoms. The number of nitrogens with one attached hydrogen (secondary N) is 1. The second kappa shape index (κ2) is 5.45. The molecule has 2 atom stereocenters. The van der Waals surface area contributed by atoms with Crippen molar-refractivity contribution in [3.63, 3.8) is 0 Å². The van der Waals surface area contributed by atoms with Gasteiger partial charge in [0.1, 0.15) is 0 Å². The van der Waals surface area contributed by atoms with Gasteiger partial charge in [0, 0.05) is 31.4 Å². The summed E-state index contributed by atoms with van der Waals surface area (Å²) in [6, 6.07) is 1.78. The zero-order chi connectivity index (χ0) is 13.2. The van der Waals surface area contributed by atoms with Crippen LogP contribution in [0.15, 0.2) is 12.3 Å². The molecule has 2 unspecified atom stereocenters. The first-order chi connectivity index (χ1) is 9.29. The quantitative estimate of drug-likeness (QED) is 0.905. The Kier molecular flexibility index (Phi) is 3.69. The zero-order valence-corrected chi connectivity index (χ0v) is 11.5. The Hall–Kier alpha value is -1.16. The number of rotatable bonds is 4. The summed E-state index contributed by atoms with van der Waals surface area (Å²) >= 11 is 0. The van der Waals surface area contributed by atoms with Crippen molar-refractivity contribution < 1.29 is 4.39 Å². The van der Waals surface area contributed by atoms with Gasteiger partial charge in [0.25, 0.3) is 0 Å². The Bertz CT molecular complexity index is 437. The summed E-state index contributed by atoms with van der Waals surface area (Å²) in [6.07, 6.45) is 5.69. The number of nitrogens with zero attached hydrogens (tertiary/aromatic N) is 2. The Morgan fingerprint density at radius 3 is 2.79 bits per heavy atom. The van der Waals surface area contributed by atoms with Crippen LogP contribution in [0, 0.1) is 17.7 Å². The summed E-state index contributed by atoms with van der Waals surface area (Å²) in [5.74, 6) is 1.95. The van der Waals surface area contributed by atoms with E-state index in [1.807, 2.05) is 6.92 Å². The maximum absolute atomic E-state index is 14.5. The Morgan fingerprint density at radius 1 is 1.37 bits per heavy atom. The van der Waals surface area contributed by atoms with Crippen molar-refractivity contribution >= 4 is 5.82 Å². The highest BCUT2D eigenvalue weighted by Gasteiger charge is 2.37. The van der Waals surface area contributed by atoms with E-state index in [4.69, 9.17) is 0 Å². The van der Waals surface area contributed by atoms with Crippen molar-refractivity contribution in [2.75, 3.05) is 24.5 Å². The van der Waals surface area contributed by atoms with Crippen molar-refractivity contribution in [3.05, 3.63) is 23.6 Å². The predicted molar refractivity (Wildman–Crippen MR) is 74.6 cm³/mol. The van der Waals surface area contributed by atoms with E-state index in [2.05, 4.69) is 15.2 Å². The smallest absolute Gasteiger partial charge is 0.170 e. The van der Waals surface area contributed by atoms with Gasteiger partial charge in [0.15, 0.2) is 11.6 Å². The van der Waals surface area contributed by atoms with Crippen molar-refractivity contribution in [2.45, 2.75) is 32.7 Å². The summed E-state index contributed by atoms with van der Waals surface area (Å²) in [5.41, 5.74) is 0.726. The molecule has 1 aliphatic carbocycles. The third-order valence-electron chi connectivity index (χ3n) is 4.54. The highest BCUT2D eigenvalue weighted by molar-refractivity contribution is 5.44. The molecule has 2 heterocycles. The summed E-state index contributed by atoms with van der Waals surface area (Å²) in [4.78, 5) is 6.43. The largest absolute Gasteiger partial charge is 0.354 e. The van der Waals surface area contributed by atoms with Crippen LogP contribution >= 0.6 is 0 Å². The fraction of sp³-hybridized carbons (Fsp3) is 0.667. The predicted octanol–water partition coefficient (Wildman–Crippen LogP) is 2.57. The van der Waals surface area contributed by atoms with Gasteiger partial charge < -0.3 is 10.2 Å². The van der Waals surface area contributed by atoms with Crippen LogP contribution in [0.5, 0.6) is 0 Å². The van der Waals surface area contributed by atoms with Crippen LogP contribution in [0.25, 0.3) is 0 Å². The van der Waals surface area contributed by atoms with E-state index < -0.39 is 0 Å². The Morgan fingerprint density at radius 2 is 2.11 bits per heavy atom. The van der Waals surface area contributed by atoms with Crippen molar-refractivity contribution in [2.24, 2.45) is 11.8 Å². The van der Waals surface area contributed by atoms with E-state index >= 15 is 0 Å². The lowest BCUT2D eigenvalue weighted by Gasteiger charge is -2.20. The monoisotopic (exact) mass is 263 g/mol. The summed E-state index contributed by atoms with van der Waals surface area (Å²) < 4.78 is 14.5. The lowest BCUT2D eigenvalue weighted by molar-refractivity contribution is 0.494. The normalized spacial score (nSPS) is 25.9. The van der Waals surface area contributed by atoms with E-state index in [0.29, 0.717) is 12.4 Å². The van der Waals surface area contributed by atoms with Gasteiger partial charge in [0.05, 0.1) is 0 Å². The average Bonchev–Trinajstić information content (AvgIpc) is 2.98. The number of aromatic nitrogens is 1. The minimum atomic E-state index is -0.136.